The van der Waals surface area contributed by atoms with Crippen LogP contribution in [0.15, 0.2) is 71.3 Å². The van der Waals surface area contributed by atoms with Crippen LogP contribution in [0.2, 0.25) is 0 Å². The highest BCUT2D eigenvalue weighted by Crippen LogP contribution is 2.23. The predicted octanol–water partition coefficient (Wildman–Crippen LogP) is 4.67. The molecule has 0 aliphatic rings. The highest BCUT2D eigenvalue weighted by Gasteiger charge is 2.18. The van der Waals surface area contributed by atoms with Gasteiger partial charge in [-0.25, -0.2) is 4.98 Å². The summed E-state index contributed by atoms with van der Waals surface area (Å²) in [6, 6.07) is 19.0. The van der Waals surface area contributed by atoms with Crippen molar-refractivity contribution in [1.29, 1.82) is 0 Å². The second-order valence-corrected chi connectivity index (χ2v) is 7.01. The fourth-order valence-corrected chi connectivity index (χ4v) is 3.16. The fraction of sp³-hybridized carbons (Fsp3) is 0.208. The molecule has 4 rings (SSSR count). The monoisotopic (exact) mass is 401 g/mol. The van der Waals surface area contributed by atoms with Gasteiger partial charge in [-0.2, -0.15) is 0 Å². The van der Waals surface area contributed by atoms with Gasteiger partial charge in [0, 0.05) is 5.56 Å². The van der Waals surface area contributed by atoms with Gasteiger partial charge in [0.25, 0.3) is 5.91 Å². The molecule has 0 fully saturated rings. The van der Waals surface area contributed by atoms with E-state index in [0.29, 0.717) is 18.7 Å². The van der Waals surface area contributed by atoms with E-state index in [2.05, 4.69) is 15.3 Å². The van der Waals surface area contributed by atoms with Crippen LogP contribution in [0.4, 0.5) is 0 Å². The summed E-state index contributed by atoms with van der Waals surface area (Å²) in [6.07, 6.45) is 1.74. The van der Waals surface area contributed by atoms with Gasteiger partial charge in [-0.15, -0.1) is 0 Å². The molecule has 30 heavy (non-hydrogen) atoms. The number of fused-ring (bicyclic) bond motifs is 1. The van der Waals surface area contributed by atoms with Crippen LogP contribution < -0.4 is 10.1 Å². The van der Waals surface area contributed by atoms with Gasteiger partial charge in [0.1, 0.15) is 17.3 Å². The van der Waals surface area contributed by atoms with Gasteiger partial charge in [-0.1, -0.05) is 19.1 Å². The number of rotatable bonds is 7. The standard InChI is InChI=1S/C24H23N3O3/c1-3-23(24(28)26-14-19-11-8-16(2)29-19)30-18-12-9-17(10-13-18)22-15-25-20-6-4-5-7-21(20)27-22/h4-13,15,23H,3,14H2,1-2H3,(H,26,28). The Morgan fingerprint density at radius 1 is 1.07 bits per heavy atom. The van der Waals surface area contributed by atoms with Crippen molar-refractivity contribution in [2.45, 2.75) is 32.9 Å². The molecule has 6 nitrogen and oxygen atoms in total. The van der Waals surface area contributed by atoms with E-state index in [-0.39, 0.29) is 5.91 Å². The molecular formula is C24H23N3O3. The van der Waals surface area contributed by atoms with E-state index in [0.717, 1.165) is 33.8 Å². The first kappa shape index (κ1) is 19.6. The summed E-state index contributed by atoms with van der Waals surface area (Å²) >= 11 is 0. The molecule has 0 saturated heterocycles. The topological polar surface area (TPSA) is 77.2 Å². The van der Waals surface area contributed by atoms with Crippen molar-refractivity contribution in [3.05, 3.63) is 78.4 Å². The maximum atomic E-state index is 12.5. The number of hydrogen-bond acceptors (Lipinski definition) is 5. The summed E-state index contributed by atoms with van der Waals surface area (Å²) in [4.78, 5) is 21.6. The highest BCUT2D eigenvalue weighted by molar-refractivity contribution is 5.81. The lowest BCUT2D eigenvalue weighted by molar-refractivity contribution is -0.128. The molecule has 0 saturated carbocycles. The first-order valence-electron chi connectivity index (χ1n) is 9.94. The van der Waals surface area contributed by atoms with Gasteiger partial charge < -0.3 is 14.5 Å². The van der Waals surface area contributed by atoms with Crippen molar-refractivity contribution in [3.63, 3.8) is 0 Å². The minimum absolute atomic E-state index is 0.170. The van der Waals surface area contributed by atoms with E-state index in [1.807, 2.05) is 74.5 Å². The van der Waals surface area contributed by atoms with Crippen LogP contribution in [0, 0.1) is 6.92 Å². The summed E-state index contributed by atoms with van der Waals surface area (Å²) < 4.78 is 11.4. The molecule has 1 N–H and O–H groups in total. The molecule has 4 aromatic rings. The maximum Gasteiger partial charge on any atom is 0.261 e. The summed E-state index contributed by atoms with van der Waals surface area (Å²) in [5, 5.41) is 2.86. The normalized spacial score (nSPS) is 11.9. The number of aromatic nitrogens is 2. The average Bonchev–Trinajstić information content (AvgIpc) is 3.21. The van der Waals surface area contributed by atoms with E-state index in [1.54, 1.807) is 6.20 Å². The molecule has 0 bridgehead atoms. The van der Waals surface area contributed by atoms with Crippen molar-refractivity contribution < 1.29 is 13.9 Å². The van der Waals surface area contributed by atoms with Crippen LogP contribution in [0.1, 0.15) is 24.9 Å². The minimum Gasteiger partial charge on any atom is -0.481 e. The Hall–Kier alpha value is -3.67. The summed E-state index contributed by atoms with van der Waals surface area (Å²) in [7, 11) is 0. The van der Waals surface area contributed by atoms with Crippen molar-refractivity contribution in [3.8, 4) is 17.0 Å². The summed E-state index contributed by atoms with van der Waals surface area (Å²) in [5.74, 6) is 2.00. The number of nitrogens with one attached hydrogen (secondary N) is 1. The highest BCUT2D eigenvalue weighted by atomic mass is 16.5. The first-order chi connectivity index (χ1) is 14.6. The minimum atomic E-state index is -0.577. The van der Waals surface area contributed by atoms with Crippen LogP contribution in [-0.2, 0) is 11.3 Å². The van der Waals surface area contributed by atoms with Crippen molar-refractivity contribution >= 4 is 16.9 Å². The zero-order valence-corrected chi connectivity index (χ0v) is 17.0. The molecule has 2 heterocycles. The van der Waals surface area contributed by atoms with Crippen LogP contribution >= 0.6 is 0 Å². The van der Waals surface area contributed by atoms with E-state index in [9.17, 15) is 4.79 Å². The number of furan rings is 1. The molecule has 0 aliphatic heterocycles. The second-order valence-electron chi connectivity index (χ2n) is 7.01. The van der Waals surface area contributed by atoms with E-state index < -0.39 is 6.10 Å². The lowest BCUT2D eigenvalue weighted by atomic mass is 10.1. The molecule has 0 radical (unpaired) electrons. The second kappa shape index (κ2) is 8.78. The summed E-state index contributed by atoms with van der Waals surface area (Å²) in [5.41, 5.74) is 3.44. The first-order valence-corrected chi connectivity index (χ1v) is 9.94. The maximum absolute atomic E-state index is 12.5. The molecule has 0 spiro atoms. The number of nitrogens with zero attached hydrogens (tertiary/aromatic N) is 2. The van der Waals surface area contributed by atoms with Gasteiger partial charge in [-0.3, -0.25) is 9.78 Å². The number of hydrogen-bond donors (Lipinski definition) is 1. The van der Waals surface area contributed by atoms with Gasteiger partial charge in [0.2, 0.25) is 0 Å². The number of ether oxygens (including phenoxy) is 1. The molecular weight excluding hydrogens is 378 g/mol. The molecule has 1 unspecified atom stereocenters. The third-order valence-corrected chi connectivity index (χ3v) is 4.77. The van der Waals surface area contributed by atoms with Gasteiger partial charge in [0.05, 0.1) is 29.5 Å². The number of amides is 1. The molecule has 6 heteroatoms. The largest absolute Gasteiger partial charge is 0.481 e. The van der Waals surface area contributed by atoms with Crippen molar-refractivity contribution in [1.82, 2.24) is 15.3 Å². The van der Waals surface area contributed by atoms with Gasteiger partial charge in [-0.05, 0) is 61.9 Å². The Morgan fingerprint density at radius 2 is 1.83 bits per heavy atom. The average molecular weight is 401 g/mol. The lowest BCUT2D eigenvalue weighted by Gasteiger charge is -2.17. The number of benzene rings is 2. The number of carbonyl (C=O) groups excluding carboxylic acids is 1. The smallest absolute Gasteiger partial charge is 0.261 e. The van der Waals surface area contributed by atoms with E-state index in [1.165, 1.54) is 0 Å². The fourth-order valence-electron chi connectivity index (χ4n) is 3.16. The molecule has 2 aromatic heterocycles. The lowest BCUT2D eigenvalue weighted by Crippen LogP contribution is -2.37. The molecule has 1 amide bonds. The summed E-state index contributed by atoms with van der Waals surface area (Å²) in [6.45, 7) is 4.13. The molecule has 1 atom stereocenters. The zero-order chi connectivity index (χ0) is 20.9. The third kappa shape index (κ3) is 4.49. The SMILES string of the molecule is CCC(Oc1ccc(-c2cnc3ccccc3n2)cc1)C(=O)NCc1ccc(C)o1. The Kier molecular flexibility index (Phi) is 5.75. The van der Waals surface area contributed by atoms with E-state index >= 15 is 0 Å². The van der Waals surface area contributed by atoms with E-state index in [4.69, 9.17) is 9.15 Å². The van der Waals surface area contributed by atoms with Gasteiger partial charge in [0.15, 0.2) is 6.10 Å². The van der Waals surface area contributed by atoms with Crippen molar-refractivity contribution in [2.75, 3.05) is 0 Å². The van der Waals surface area contributed by atoms with Crippen LogP contribution in [0.3, 0.4) is 0 Å². The Labute approximate surface area is 174 Å². The molecule has 0 aliphatic carbocycles. The van der Waals surface area contributed by atoms with Gasteiger partial charge >= 0.3 is 0 Å². The predicted molar refractivity (Wildman–Crippen MR) is 115 cm³/mol. The number of aryl methyl sites for hydroxylation is 1. The zero-order valence-electron chi connectivity index (χ0n) is 17.0. The number of carbonyl (C=O) groups is 1. The molecule has 2 aromatic carbocycles. The van der Waals surface area contributed by atoms with Crippen LogP contribution in [0.5, 0.6) is 5.75 Å². The Balaban J connectivity index is 1.41. The van der Waals surface area contributed by atoms with Crippen LogP contribution in [-0.4, -0.2) is 22.0 Å². The number of para-hydroxylation sites is 2. The van der Waals surface area contributed by atoms with Crippen LogP contribution in [0.25, 0.3) is 22.3 Å². The Morgan fingerprint density at radius 3 is 2.53 bits per heavy atom. The Bertz CT molecular complexity index is 1150. The third-order valence-electron chi connectivity index (χ3n) is 4.77. The molecule has 152 valence electrons. The van der Waals surface area contributed by atoms with Crippen molar-refractivity contribution in [2.24, 2.45) is 0 Å². The quantitative estimate of drug-likeness (QED) is 0.487.